The Balaban J connectivity index is 1.97. The van der Waals surface area contributed by atoms with E-state index in [1.54, 1.807) is 20.3 Å². The molecule has 1 N–H and O–H groups in total. The van der Waals surface area contributed by atoms with Gasteiger partial charge in [0.15, 0.2) is 0 Å². The number of sulfonamides is 1. The summed E-state index contributed by atoms with van der Waals surface area (Å²) in [5.41, 5.74) is 0. The first-order chi connectivity index (χ1) is 9.95. The fraction of sp³-hybridized carbons (Fsp3) is 0.786. The van der Waals surface area contributed by atoms with Crippen molar-refractivity contribution in [2.24, 2.45) is 7.05 Å². The lowest BCUT2D eigenvalue weighted by Crippen LogP contribution is -2.43. The molecule has 120 valence electrons. The minimum Gasteiger partial charge on any atom is -0.314 e. The summed E-state index contributed by atoms with van der Waals surface area (Å²) in [5, 5.41) is 7.48. The van der Waals surface area contributed by atoms with Gasteiger partial charge in [0.2, 0.25) is 10.0 Å². The molecule has 21 heavy (non-hydrogen) atoms. The zero-order chi connectivity index (χ0) is 15.5. The van der Waals surface area contributed by atoms with Crippen LogP contribution in [0.25, 0.3) is 0 Å². The van der Waals surface area contributed by atoms with Crippen LogP contribution in [0.4, 0.5) is 0 Å². The normalized spacial score (nSPS) is 23.6. The van der Waals surface area contributed by atoms with Crippen molar-refractivity contribution in [3.8, 4) is 0 Å². The molecule has 1 aliphatic carbocycles. The summed E-state index contributed by atoms with van der Waals surface area (Å²) in [6, 6.07) is 0.630. The summed E-state index contributed by atoms with van der Waals surface area (Å²) < 4.78 is 28.2. The number of aromatic nitrogens is 2. The third kappa shape index (κ3) is 3.84. The van der Waals surface area contributed by atoms with E-state index in [4.69, 9.17) is 0 Å². The largest absolute Gasteiger partial charge is 0.314 e. The van der Waals surface area contributed by atoms with Crippen LogP contribution < -0.4 is 5.32 Å². The van der Waals surface area contributed by atoms with Crippen molar-refractivity contribution in [3.63, 3.8) is 0 Å². The highest BCUT2D eigenvalue weighted by molar-refractivity contribution is 7.89. The molecule has 1 aromatic rings. The van der Waals surface area contributed by atoms with Crippen LogP contribution in [0.3, 0.4) is 0 Å². The van der Waals surface area contributed by atoms with Gasteiger partial charge in [-0.1, -0.05) is 6.92 Å². The predicted molar refractivity (Wildman–Crippen MR) is 82.5 cm³/mol. The highest BCUT2D eigenvalue weighted by atomic mass is 32.2. The molecule has 0 radical (unpaired) electrons. The zero-order valence-electron chi connectivity index (χ0n) is 13.1. The molecule has 0 bridgehead atoms. The zero-order valence-corrected chi connectivity index (χ0v) is 13.9. The maximum absolute atomic E-state index is 12.6. The Morgan fingerprint density at radius 1 is 1.38 bits per heavy atom. The summed E-state index contributed by atoms with van der Waals surface area (Å²) in [7, 11) is -0.00949. The standard InChI is InChI=1S/C14H26N4O2S/c1-4-9-15-12-5-7-13(8-6-12)18(3)21(19,20)14-10-16-17(2)11-14/h10-13,15H,4-9H2,1-3H3. The van der Waals surface area contributed by atoms with Crippen molar-refractivity contribution < 1.29 is 8.42 Å². The second-order valence-corrected chi connectivity index (χ2v) is 7.83. The van der Waals surface area contributed by atoms with Gasteiger partial charge in [-0.2, -0.15) is 9.40 Å². The summed E-state index contributed by atoms with van der Waals surface area (Å²) in [4.78, 5) is 0.277. The Morgan fingerprint density at radius 3 is 2.57 bits per heavy atom. The van der Waals surface area contributed by atoms with Crippen molar-refractivity contribution >= 4 is 10.0 Å². The molecule has 0 atom stereocenters. The van der Waals surface area contributed by atoms with Gasteiger partial charge in [-0.3, -0.25) is 4.68 Å². The topological polar surface area (TPSA) is 67.2 Å². The minimum atomic E-state index is -3.42. The molecule has 1 fully saturated rings. The molecule has 1 heterocycles. The minimum absolute atomic E-state index is 0.0925. The number of hydrogen-bond donors (Lipinski definition) is 1. The number of nitrogens with zero attached hydrogens (tertiary/aromatic N) is 3. The van der Waals surface area contributed by atoms with Gasteiger partial charge in [-0.25, -0.2) is 8.42 Å². The predicted octanol–water partition coefficient (Wildman–Crippen LogP) is 1.35. The SMILES string of the molecule is CCCNC1CCC(N(C)S(=O)(=O)c2cnn(C)c2)CC1. The lowest BCUT2D eigenvalue weighted by molar-refractivity contribution is 0.249. The Morgan fingerprint density at radius 2 is 2.05 bits per heavy atom. The molecule has 1 aliphatic rings. The maximum Gasteiger partial charge on any atom is 0.246 e. The van der Waals surface area contributed by atoms with Gasteiger partial charge in [-0.15, -0.1) is 0 Å². The second-order valence-electron chi connectivity index (χ2n) is 5.83. The van der Waals surface area contributed by atoms with Crippen LogP contribution in [0, 0.1) is 0 Å². The lowest BCUT2D eigenvalue weighted by Gasteiger charge is -2.34. The maximum atomic E-state index is 12.6. The first-order valence-electron chi connectivity index (χ1n) is 7.65. The van der Waals surface area contributed by atoms with E-state index in [1.165, 1.54) is 15.2 Å². The Kier molecular flexibility index (Phi) is 5.40. The molecular weight excluding hydrogens is 288 g/mol. The van der Waals surface area contributed by atoms with Gasteiger partial charge >= 0.3 is 0 Å². The van der Waals surface area contributed by atoms with Gasteiger partial charge in [0, 0.05) is 32.4 Å². The molecule has 2 rings (SSSR count). The molecule has 0 saturated heterocycles. The van der Waals surface area contributed by atoms with Crippen LogP contribution in [0.1, 0.15) is 39.0 Å². The summed E-state index contributed by atoms with van der Waals surface area (Å²) >= 11 is 0. The number of aryl methyl sites for hydroxylation is 1. The van der Waals surface area contributed by atoms with Crippen LogP contribution in [0.2, 0.25) is 0 Å². The number of hydrogen-bond acceptors (Lipinski definition) is 4. The van der Waals surface area contributed by atoms with Crippen molar-refractivity contribution in [1.82, 2.24) is 19.4 Å². The molecule has 7 heteroatoms. The van der Waals surface area contributed by atoms with E-state index in [1.807, 2.05) is 0 Å². The highest BCUT2D eigenvalue weighted by Crippen LogP contribution is 2.26. The van der Waals surface area contributed by atoms with E-state index in [0.29, 0.717) is 6.04 Å². The summed E-state index contributed by atoms with van der Waals surface area (Å²) in [5.74, 6) is 0. The van der Waals surface area contributed by atoms with Crippen LogP contribution >= 0.6 is 0 Å². The van der Waals surface area contributed by atoms with Crippen LogP contribution in [0.15, 0.2) is 17.3 Å². The second kappa shape index (κ2) is 6.89. The van der Waals surface area contributed by atoms with E-state index in [9.17, 15) is 8.42 Å². The van der Waals surface area contributed by atoms with E-state index in [0.717, 1.165) is 38.6 Å². The summed E-state index contributed by atoms with van der Waals surface area (Å²) in [6.45, 7) is 3.20. The van der Waals surface area contributed by atoms with E-state index < -0.39 is 10.0 Å². The van der Waals surface area contributed by atoms with Gasteiger partial charge in [0.05, 0.1) is 6.20 Å². The molecule has 1 aromatic heterocycles. The Labute approximate surface area is 127 Å². The van der Waals surface area contributed by atoms with E-state index >= 15 is 0 Å². The molecule has 0 amide bonds. The first-order valence-corrected chi connectivity index (χ1v) is 9.09. The third-order valence-electron chi connectivity index (χ3n) is 4.25. The van der Waals surface area contributed by atoms with Crippen LogP contribution in [-0.4, -0.2) is 48.2 Å². The van der Waals surface area contributed by atoms with Gasteiger partial charge in [-0.05, 0) is 38.6 Å². The average Bonchev–Trinajstić information content (AvgIpc) is 2.92. The molecule has 0 unspecified atom stereocenters. The van der Waals surface area contributed by atoms with Crippen molar-refractivity contribution in [3.05, 3.63) is 12.4 Å². The fourth-order valence-corrected chi connectivity index (χ4v) is 4.29. The molecule has 0 spiro atoms. The molecular formula is C14H26N4O2S. The van der Waals surface area contributed by atoms with Crippen molar-refractivity contribution in [2.75, 3.05) is 13.6 Å². The Bertz CT molecular complexity index is 547. The van der Waals surface area contributed by atoms with E-state index in [-0.39, 0.29) is 10.9 Å². The van der Waals surface area contributed by atoms with Crippen LogP contribution in [0.5, 0.6) is 0 Å². The quantitative estimate of drug-likeness (QED) is 0.861. The summed E-state index contributed by atoms with van der Waals surface area (Å²) in [6.07, 6.45) is 8.01. The van der Waals surface area contributed by atoms with Crippen molar-refractivity contribution in [2.45, 2.75) is 56.0 Å². The smallest absolute Gasteiger partial charge is 0.246 e. The highest BCUT2D eigenvalue weighted by Gasteiger charge is 2.31. The third-order valence-corrected chi connectivity index (χ3v) is 6.12. The molecule has 0 aromatic carbocycles. The monoisotopic (exact) mass is 314 g/mol. The average molecular weight is 314 g/mol. The molecule has 1 saturated carbocycles. The molecule has 0 aliphatic heterocycles. The molecule has 6 nitrogen and oxygen atoms in total. The van der Waals surface area contributed by atoms with Gasteiger partial charge in [0.1, 0.15) is 4.90 Å². The van der Waals surface area contributed by atoms with Crippen molar-refractivity contribution in [1.29, 1.82) is 0 Å². The first kappa shape index (κ1) is 16.5. The fourth-order valence-electron chi connectivity index (χ4n) is 2.89. The van der Waals surface area contributed by atoms with E-state index in [2.05, 4.69) is 17.3 Å². The Hall–Kier alpha value is -0.920. The lowest BCUT2D eigenvalue weighted by atomic mass is 9.91. The van der Waals surface area contributed by atoms with Gasteiger partial charge < -0.3 is 5.32 Å². The number of nitrogens with one attached hydrogen (secondary N) is 1. The number of rotatable bonds is 6. The van der Waals surface area contributed by atoms with Crippen LogP contribution in [-0.2, 0) is 17.1 Å². The van der Waals surface area contributed by atoms with Gasteiger partial charge in [0.25, 0.3) is 0 Å².